The fraction of sp³-hybridized carbons (Fsp3) is 0.200. The molecule has 0 spiro atoms. The molecule has 12 heavy (non-hydrogen) atoms. The molecule has 1 heterocycles. The predicted octanol–water partition coefficient (Wildman–Crippen LogP) is 2.54. The zero-order valence-corrected chi connectivity index (χ0v) is 6.91. The Balaban J connectivity index is 2.38. The van der Waals surface area contributed by atoms with E-state index in [1.54, 1.807) is 0 Å². The third-order valence-electron chi connectivity index (χ3n) is 1.81. The summed E-state index contributed by atoms with van der Waals surface area (Å²) < 4.78 is 0. The third kappa shape index (κ3) is 1.21. The molecular formula is C10H10O2. The van der Waals surface area contributed by atoms with E-state index in [-0.39, 0.29) is 0 Å². The lowest BCUT2D eigenvalue weighted by molar-refractivity contribution is -0.194. The standard InChI is InChI=1S/C10H10O2/c1-2-3-8-4-5-10-9(6-8)7-11-12-10/h2-6H,7H2,1H3/b3-2-. The Hall–Kier alpha value is -1.28. The molecule has 0 N–H and O–H groups in total. The molecule has 2 nitrogen and oxygen atoms in total. The molecule has 2 heteroatoms. The molecule has 0 unspecified atom stereocenters. The van der Waals surface area contributed by atoms with E-state index in [2.05, 4.69) is 12.1 Å². The minimum Gasteiger partial charge on any atom is -0.337 e. The molecule has 1 aromatic carbocycles. The van der Waals surface area contributed by atoms with Gasteiger partial charge in [0.1, 0.15) is 6.61 Å². The maximum Gasteiger partial charge on any atom is 0.171 e. The maximum atomic E-state index is 4.91. The number of hydrogen-bond donors (Lipinski definition) is 0. The van der Waals surface area contributed by atoms with Crippen LogP contribution < -0.4 is 4.89 Å². The normalized spacial score (nSPS) is 14.8. The number of allylic oxidation sites excluding steroid dienone is 1. The summed E-state index contributed by atoms with van der Waals surface area (Å²) in [5.41, 5.74) is 2.30. The van der Waals surface area contributed by atoms with E-state index in [9.17, 15) is 0 Å². The highest BCUT2D eigenvalue weighted by molar-refractivity contribution is 5.53. The smallest absolute Gasteiger partial charge is 0.171 e. The minimum atomic E-state index is 0.556. The molecule has 0 fully saturated rings. The van der Waals surface area contributed by atoms with Crippen molar-refractivity contribution in [3.8, 4) is 5.75 Å². The van der Waals surface area contributed by atoms with Gasteiger partial charge in [-0.25, -0.2) is 0 Å². The largest absolute Gasteiger partial charge is 0.337 e. The summed E-state index contributed by atoms with van der Waals surface area (Å²) in [5, 5.41) is 0. The van der Waals surface area contributed by atoms with Crippen LogP contribution in [0.15, 0.2) is 24.3 Å². The van der Waals surface area contributed by atoms with Gasteiger partial charge in [-0.3, -0.25) is 0 Å². The summed E-state index contributed by atoms with van der Waals surface area (Å²) in [7, 11) is 0. The lowest BCUT2D eigenvalue weighted by atomic mass is 10.1. The van der Waals surface area contributed by atoms with E-state index >= 15 is 0 Å². The lowest BCUT2D eigenvalue weighted by Gasteiger charge is -1.95. The molecule has 0 aliphatic carbocycles. The number of hydrogen-bond acceptors (Lipinski definition) is 2. The molecule has 1 aliphatic heterocycles. The Kier molecular flexibility index (Phi) is 1.84. The molecule has 0 radical (unpaired) electrons. The first-order valence-electron chi connectivity index (χ1n) is 3.95. The minimum absolute atomic E-state index is 0.556. The van der Waals surface area contributed by atoms with Crippen LogP contribution >= 0.6 is 0 Å². The van der Waals surface area contributed by atoms with Crippen molar-refractivity contribution < 1.29 is 9.78 Å². The van der Waals surface area contributed by atoms with Gasteiger partial charge in [0.05, 0.1) is 0 Å². The van der Waals surface area contributed by atoms with Crippen LogP contribution in [0.2, 0.25) is 0 Å². The Morgan fingerprint density at radius 3 is 3.17 bits per heavy atom. The lowest BCUT2D eigenvalue weighted by Crippen LogP contribution is -1.80. The molecule has 0 saturated carbocycles. The van der Waals surface area contributed by atoms with Crippen molar-refractivity contribution >= 4 is 6.08 Å². The van der Waals surface area contributed by atoms with Crippen LogP contribution in [0.4, 0.5) is 0 Å². The van der Waals surface area contributed by atoms with Crippen LogP contribution in [0.3, 0.4) is 0 Å². The zero-order valence-electron chi connectivity index (χ0n) is 6.91. The summed E-state index contributed by atoms with van der Waals surface area (Å²) >= 11 is 0. The molecule has 0 bridgehead atoms. The number of fused-ring (bicyclic) bond motifs is 1. The highest BCUT2D eigenvalue weighted by Gasteiger charge is 2.12. The van der Waals surface area contributed by atoms with Crippen molar-refractivity contribution in [2.75, 3.05) is 0 Å². The average Bonchev–Trinajstić information content (AvgIpc) is 2.51. The van der Waals surface area contributed by atoms with Crippen molar-refractivity contribution in [3.63, 3.8) is 0 Å². The number of benzene rings is 1. The van der Waals surface area contributed by atoms with E-state index in [0.29, 0.717) is 6.61 Å². The maximum absolute atomic E-state index is 4.91. The second-order valence-corrected chi connectivity index (χ2v) is 2.71. The van der Waals surface area contributed by atoms with Gasteiger partial charge in [0.2, 0.25) is 0 Å². The molecule has 2 rings (SSSR count). The van der Waals surface area contributed by atoms with Gasteiger partial charge >= 0.3 is 0 Å². The van der Waals surface area contributed by atoms with E-state index in [4.69, 9.17) is 9.78 Å². The average molecular weight is 162 g/mol. The van der Waals surface area contributed by atoms with Gasteiger partial charge in [-0.2, -0.15) is 4.89 Å². The summed E-state index contributed by atoms with van der Waals surface area (Å²) in [6, 6.07) is 6.01. The van der Waals surface area contributed by atoms with E-state index in [1.165, 1.54) is 5.56 Å². The van der Waals surface area contributed by atoms with Crippen molar-refractivity contribution in [1.29, 1.82) is 0 Å². The summed E-state index contributed by atoms with van der Waals surface area (Å²) in [5.74, 6) is 0.836. The van der Waals surface area contributed by atoms with E-state index in [0.717, 1.165) is 11.3 Å². The Morgan fingerprint density at radius 2 is 2.33 bits per heavy atom. The first-order valence-corrected chi connectivity index (χ1v) is 3.95. The quantitative estimate of drug-likeness (QED) is 0.591. The molecular weight excluding hydrogens is 152 g/mol. The van der Waals surface area contributed by atoms with Crippen molar-refractivity contribution in [2.45, 2.75) is 13.5 Å². The van der Waals surface area contributed by atoms with Gasteiger partial charge in [-0.1, -0.05) is 18.2 Å². The van der Waals surface area contributed by atoms with E-state index < -0.39 is 0 Å². The molecule has 0 amide bonds. The molecule has 1 aromatic rings. The molecule has 0 aromatic heterocycles. The van der Waals surface area contributed by atoms with Crippen molar-refractivity contribution in [3.05, 3.63) is 35.4 Å². The second kappa shape index (κ2) is 2.99. The van der Waals surface area contributed by atoms with Crippen LogP contribution in [-0.2, 0) is 11.5 Å². The zero-order chi connectivity index (χ0) is 8.39. The topological polar surface area (TPSA) is 18.5 Å². The molecule has 1 aliphatic rings. The third-order valence-corrected chi connectivity index (χ3v) is 1.81. The Bertz CT molecular complexity index is 316. The highest BCUT2D eigenvalue weighted by atomic mass is 17.2. The van der Waals surface area contributed by atoms with Crippen LogP contribution in [0.5, 0.6) is 5.75 Å². The van der Waals surface area contributed by atoms with Crippen LogP contribution in [-0.4, -0.2) is 0 Å². The van der Waals surface area contributed by atoms with Crippen LogP contribution in [0.1, 0.15) is 18.1 Å². The fourth-order valence-corrected chi connectivity index (χ4v) is 1.25. The Morgan fingerprint density at radius 1 is 1.42 bits per heavy atom. The fourth-order valence-electron chi connectivity index (χ4n) is 1.25. The predicted molar refractivity (Wildman–Crippen MR) is 46.6 cm³/mol. The monoisotopic (exact) mass is 162 g/mol. The van der Waals surface area contributed by atoms with Crippen LogP contribution in [0.25, 0.3) is 6.08 Å². The van der Waals surface area contributed by atoms with E-state index in [1.807, 2.05) is 25.1 Å². The van der Waals surface area contributed by atoms with Crippen LogP contribution in [0, 0.1) is 0 Å². The van der Waals surface area contributed by atoms with Gasteiger partial charge in [0.25, 0.3) is 0 Å². The van der Waals surface area contributed by atoms with Gasteiger partial charge in [0, 0.05) is 5.56 Å². The van der Waals surface area contributed by atoms with Gasteiger partial charge in [-0.05, 0) is 24.6 Å². The first kappa shape index (κ1) is 7.37. The molecule has 0 atom stereocenters. The SMILES string of the molecule is C/C=C\c1ccc2c(c1)COO2. The van der Waals surface area contributed by atoms with Gasteiger partial charge in [-0.15, -0.1) is 0 Å². The summed E-state index contributed by atoms with van der Waals surface area (Å²) in [4.78, 5) is 9.73. The summed E-state index contributed by atoms with van der Waals surface area (Å²) in [6.45, 7) is 2.56. The second-order valence-electron chi connectivity index (χ2n) is 2.71. The number of rotatable bonds is 1. The molecule has 0 saturated heterocycles. The summed E-state index contributed by atoms with van der Waals surface area (Å²) in [6.07, 6.45) is 4.07. The molecule has 62 valence electrons. The van der Waals surface area contributed by atoms with Gasteiger partial charge in [0.15, 0.2) is 5.75 Å². The highest BCUT2D eigenvalue weighted by Crippen LogP contribution is 2.26. The van der Waals surface area contributed by atoms with Crippen molar-refractivity contribution in [2.24, 2.45) is 0 Å². The Labute approximate surface area is 71.4 Å². The van der Waals surface area contributed by atoms with Crippen molar-refractivity contribution in [1.82, 2.24) is 0 Å². The first-order chi connectivity index (χ1) is 5.90. The van der Waals surface area contributed by atoms with Gasteiger partial charge < -0.3 is 4.89 Å².